The lowest BCUT2D eigenvalue weighted by Crippen LogP contribution is -2.15. The van der Waals surface area contributed by atoms with Crippen LogP contribution in [-0.2, 0) is 63.3 Å². The normalized spacial score (nSPS) is 11.6. The van der Waals surface area contributed by atoms with E-state index in [1.807, 2.05) is 0 Å². The Morgan fingerprint density at radius 3 is 0.831 bits per heavy atom. The molecule has 1 aromatic carbocycles. The first-order valence-corrected chi connectivity index (χ1v) is 23.0. The maximum Gasteiger partial charge on any atom is 0.119 e. The molecule has 0 saturated carbocycles. The van der Waals surface area contributed by atoms with Gasteiger partial charge in [0.25, 0.3) is 0 Å². The van der Waals surface area contributed by atoms with Gasteiger partial charge in [0.2, 0.25) is 0 Å². The van der Waals surface area contributed by atoms with Gasteiger partial charge in [-0.25, -0.2) is 0 Å². The number of benzene rings is 1. The van der Waals surface area contributed by atoms with Crippen LogP contribution in [0, 0.1) is 0 Å². The van der Waals surface area contributed by atoms with Gasteiger partial charge in [-0.2, -0.15) is 0 Å². The summed E-state index contributed by atoms with van der Waals surface area (Å²) in [5, 5.41) is 0. The maximum atomic E-state index is 5.78. The molecule has 59 heavy (non-hydrogen) atoms. The van der Waals surface area contributed by atoms with Gasteiger partial charge in [-0.05, 0) is 37.0 Å². The Bertz CT molecular complexity index is 911. The van der Waals surface area contributed by atoms with Gasteiger partial charge in [0.05, 0.1) is 152 Å². The lowest BCUT2D eigenvalue weighted by atomic mass is 10.0. The maximum absolute atomic E-state index is 5.78. The lowest BCUT2D eigenvalue weighted by Gasteiger charge is -2.09. The van der Waals surface area contributed by atoms with Gasteiger partial charge in [-0.1, -0.05) is 90.2 Å². The summed E-state index contributed by atoms with van der Waals surface area (Å²) in [6, 6.07) is 8.44. The van der Waals surface area contributed by atoms with E-state index in [1.165, 1.54) is 76.2 Å². The molecular formula is C46H86O13. The molecule has 0 bridgehead atoms. The van der Waals surface area contributed by atoms with Crippen LogP contribution in [0.1, 0.15) is 96.5 Å². The summed E-state index contributed by atoms with van der Waals surface area (Å²) in [4.78, 5) is 0. The van der Waals surface area contributed by atoms with E-state index in [1.54, 1.807) is 0 Å². The third kappa shape index (κ3) is 44.4. The van der Waals surface area contributed by atoms with Gasteiger partial charge < -0.3 is 61.6 Å². The second-order valence-corrected chi connectivity index (χ2v) is 14.1. The highest BCUT2D eigenvalue weighted by Gasteiger charge is 2.00. The van der Waals surface area contributed by atoms with E-state index >= 15 is 0 Å². The largest absolute Gasteiger partial charge is 0.491 e. The summed E-state index contributed by atoms with van der Waals surface area (Å²) in [6.45, 7) is 18.1. The fourth-order valence-electron chi connectivity index (χ4n) is 5.59. The molecule has 13 nitrogen and oxygen atoms in total. The van der Waals surface area contributed by atoms with Crippen molar-refractivity contribution in [1.29, 1.82) is 0 Å². The van der Waals surface area contributed by atoms with Crippen molar-refractivity contribution in [1.82, 2.24) is 0 Å². The number of hydrogen-bond acceptors (Lipinski definition) is 13. The Morgan fingerprint density at radius 1 is 0.254 bits per heavy atom. The predicted octanol–water partition coefficient (Wildman–Crippen LogP) is 7.53. The van der Waals surface area contributed by atoms with Crippen LogP contribution in [0.15, 0.2) is 24.3 Å². The molecule has 1 aromatic rings. The summed E-state index contributed by atoms with van der Waals surface area (Å²) in [6.07, 6.45) is 16.8. The van der Waals surface area contributed by atoms with Gasteiger partial charge in [0, 0.05) is 6.61 Å². The standard InChI is InChI=1S/C46H86O13/c1-3-5-7-9-11-13-15-45-16-18-46(19-17-45)59-44-43-58-42-41-57-40-39-56-38-37-55-36-35-54-34-33-53-32-31-52-30-29-51-28-27-50-26-25-49-24-23-48-22-21-47-20-14-12-10-8-6-4-2/h16-19H,3-15,20-44H2,1-2H3. The van der Waals surface area contributed by atoms with Crippen LogP contribution >= 0.6 is 0 Å². The molecule has 0 radical (unpaired) electrons. The lowest BCUT2D eigenvalue weighted by molar-refractivity contribution is -0.0285. The summed E-state index contributed by atoms with van der Waals surface area (Å²) in [5.74, 6) is 0.886. The van der Waals surface area contributed by atoms with Gasteiger partial charge in [0.1, 0.15) is 12.4 Å². The minimum atomic E-state index is 0.512. The summed E-state index contributed by atoms with van der Waals surface area (Å²) in [5.41, 5.74) is 1.38. The zero-order chi connectivity index (χ0) is 42.0. The topological polar surface area (TPSA) is 120 Å². The van der Waals surface area contributed by atoms with E-state index in [-0.39, 0.29) is 0 Å². The van der Waals surface area contributed by atoms with Crippen LogP contribution in [0.25, 0.3) is 0 Å². The minimum absolute atomic E-state index is 0.512. The molecule has 0 aromatic heterocycles. The quantitative estimate of drug-likeness (QED) is 0.0602. The van der Waals surface area contributed by atoms with Gasteiger partial charge in [-0.3, -0.25) is 0 Å². The molecule has 348 valence electrons. The van der Waals surface area contributed by atoms with Crippen LogP contribution in [0.4, 0.5) is 0 Å². The Morgan fingerprint density at radius 2 is 0.508 bits per heavy atom. The Balaban J connectivity index is 1.65. The smallest absolute Gasteiger partial charge is 0.119 e. The van der Waals surface area contributed by atoms with Crippen molar-refractivity contribution in [3.8, 4) is 5.75 Å². The molecule has 0 aliphatic heterocycles. The van der Waals surface area contributed by atoms with Gasteiger partial charge in [-0.15, -0.1) is 0 Å². The fourth-order valence-corrected chi connectivity index (χ4v) is 5.59. The molecule has 1 rings (SSSR count). The number of ether oxygens (including phenoxy) is 13. The second kappa shape index (κ2) is 49.2. The first-order chi connectivity index (χ1) is 29.4. The number of hydrogen-bond donors (Lipinski definition) is 0. The number of aryl methyl sites for hydroxylation is 1. The molecular weight excluding hydrogens is 760 g/mol. The van der Waals surface area contributed by atoms with Crippen LogP contribution in [0.5, 0.6) is 5.75 Å². The highest BCUT2D eigenvalue weighted by atomic mass is 16.6. The van der Waals surface area contributed by atoms with Gasteiger partial charge >= 0.3 is 0 Å². The van der Waals surface area contributed by atoms with Crippen LogP contribution in [-0.4, -0.2) is 165 Å². The molecule has 13 heteroatoms. The highest BCUT2D eigenvalue weighted by molar-refractivity contribution is 5.27. The van der Waals surface area contributed by atoms with E-state index in [9.17, 15) is 0 Å². The molecule has 0 saturated heterocycles. The second-order valence-electron chi connectivity index (χ2n) is 14.1. The molecule has 0 atom stereocenters. The monoisotopic (exact) mass is 847 g/mol. The first-order valence-electron chi connectivity index (χ1n) is 23.0. The summed E-state index contributed by atoms with van der Waals surface area (Å²) >= 11 is 0. The van der Waals surface area contributed by atoms with Crippen LogP contribution < -0.4 is 4.74 Å². The van der Waals surface area contributed by atoms with Crippen molar-refractivity contribution < 1.29 is 61.6 Å². The highest BCUT2D eigenvalue weighted by Crippen LogP contribution is 2.15. The van der Waals surface area contributed by atoms with E-state index in [0.29, 0.717) is 159 Å². The summed E-state index contributed by atoms with van der Waals surface area (Å²) in [7, 11) is 0. The molecule has 0 N–H and O–H groups in total. The molecule has 0 unspecified atom stereocenters. The third-order valence-electron chi connectivity index (χ3n) is 8.97. The Labute approximate surface area is 359 Å². The molecule has 0 aliphatic rings. The third-order valence-corrected chi connectivity index (χ3v) is 8.97. The van der Waals surface area contributed by atoms with Crippen molar-refractivity contribution in [2.24, 2.45) is 0 Å². The van der Waals surface area contributed by atoms with Crippen LogP contribution in [0.2, 0.25) is 0 Å². The van der Waals surface area contributed by atoms with Crippen LogP contribution in [0.3, 0.4) is 0 Å². The molecule has 0 spiro atoms. The zero-order valence-electron chi connectivity index (χ0n) is 37.5. The van der Waals surface area contributed by atoms with E-state index in [4.69, 9.17) is 61.6 Å². The molecule has 0 aliphatic carbocycles. The molecule has 0 fully saturated rings. The Kier molecular flexibility index (Phi) is 46.3. The average Bonchev–Trinajstić information content (AvgIpc) is 3.25. The summed E-state index contributed by atoms with van der Waals surface area (Å²) < 4.78 is 72.2. The molecule has 0 amide bonds. The predicted molar refractivity (Wildman–Crippen MR) is 232 cm³/mol. The zero-order valence-corrected chi connectivity index (χ0v) is 37.5. The van der Waals surface area contributed by atoms with Crippen molar-refractivity contribution >= 4 is 0 Å². The first kappa shape index (κ1) is 55.6. The van der Waals surface area contributed by atoms with Gasteiger partial charge in [0.15, 0.2) is 0 Å². The average molecular weight is 847 g/mol. The van der Waals surface area contributed by atoms with E-state index in [0.717, 1.165) is 25.2 Å². The number of rotatable bonds is 51. The van der Waals surface area contributed by atoms with Crippen molar-refractivity contribution in [3.05, 3.63) is 29.8 Å². The Hall–Kier alpha value is -1.46. The van der Waals surface area contributed by atoms with Crippen molar-refractivity contribution in [2.75, 3.05) is 165 Å². The molecule has 0 heterocycles. The van der Waals surface area contributed by atoms with Crippen molar-refractivity contribution in [2.45, 2.75) is 97.3 Å². The van der Waals surface area contributed by atoms with E-state index in [2.05, 4.69) is 38.1 Å². The van der Waals surface area contributed by atoms with Crippen molar-refractivity contribution in [3.63, 3.8) is 0 Å². The number of unbranched alkanes of at least 4 members (excludes halogenated alkanes) is 10. The minimum Gasteiger partial charge on any atom is -0.491 e. The van der Waals surface area contributed by atoms with E-state index < -0.39 is 0 Å². The SMILES string of the molecule is CCCCCCCCOCCOCCOCCOCCOCCOCCOCCOCCOCCOCCOCCOCCOc1ccc(CCCCCCCC)cc1. The fraction of sp³-hybridized carbons (Fsp3) is 0.870.